The summed E-state index contributed by atoms with van der Waals surface area (Å²) in [6.07, 6.45) is 5.47. The summed E-state index contributed by atoms with van der Waals surface area (Å²) in [6, 6.07) is 7.60. The van der Waals surface area contributed by atoms with E-state index >= 15 is 0 Å². The number of ether oxygens (including phenoxy) is 1. The van der Waals surface area contributed by atoms with Crippen LogP contribution in [-0.4, -0.2) is 68.3 Å². The number of hydrogen-bond acceptors (Lipinski definition) is 4. The van der Waals surface area contributed by atoms with Gasteiger partial charge < -0.3 is 25.0 Å². The third kappa shape index (κ3) is 6.22. The van der Waals surface area contributed by atoms with Gasteiger partial charge in [0.25, 0.3) is 0 Å². The fourth-order valence-corrected chi connectivity index (χ4v) is 4.34. The zero-order chi connectivity index (χ0) is 22.1. The highest BCUT2D eigenvalue weighted by Crippen LogP contribution is 2.39. The summed E-state index contributed by atoms with van der Waals surface area (Å²) in [6.45, 7) is 8.38. The second-order valence-electron chi connectivity index (χ2n) is 8.63. The Bertz CT molecular complexity index is 694. The van der Waals surface area contributed by atoms with Gasteiger partial charge >= 0.3 is 6.03 Å². The van der Waals surface area contributed by atoms with E-state index in [9.17, 15) is 9.90 Å². The predicted molar refractivity (Wildman–Crippen MR) is 122 cm³/mol. The number of piperidine rings is 1. The second kappa shape index (κ2) is 11.4. The molecule has 0 saturated carbocycles. The molecule has 1 heterocycles. The molecule has 1 aromatic carbocycles. The number of likely N-dealkylation sites (tertiary alicyclic amines) is 1. The van der Waals surface area contributed by atoms with Crippen LogP contribution in [0, 0.1) is 11.8 Å². The number of carbonyl (C=O) groups is 1. The van der Waals surface area contributed by atoms with Gasteiger partial charge in [0.15, 0.2) is 0 Å². The number of benzene rings is 1. The number of aliphatic hydroxyl groups is 1. The van der Waals surface area contributed by atoms with Crippen LogP contribution in [0.1, 0.15) is 38.2 Å². The van der Waals surface area contributed by atoms with E-state index in [0.717, 1.165) is 30.6 Å². The molecule has 6 nitrogen and oxygen atoms in total. The van der Waals surface area contributed by atoms with Gasteiger partial charge in [0.1, 0.15) is 5.75 Å². The number of nitrogens with zero attached hydrogens (tertiary/aromatic N) is 2. The van der Waals surface area contributed by atoms with Crippen molar-refractivity contribution in [1.82, 2.24) is 15.1 Å². The van der Waals surface area contributed by atoms with Crippen LogP contribution in [0.3, 0.4) is 0 Å². The molecule has 0 radical (unpaired) electrons. The molecule has 1 aliphatic rings. The Labute approximate surface area is 181 Å². The molecule has 30 heavy (non-hydrogen) atoms. The molecule has 1 fully saturated rings. The van der Waals surface area contributed by atoms with Crippen molar-refractivity contribution in [3.8, 4) is 5.75 Å². The molecule has 2 rings (SSSR count). The molecule has 0 spiro atoms. The molecule has 0 aromatic heterocycles. The van der Waals surface area contributed by atoms with Crippen LogP contribution in [0.4, 0.5) is 4.79 Å². The Morgan fingerprint density at radius 2 is 2.27 bits per heavy atom. The maximum Gasteiger partial charge on any atom is 0.317 e. The lowest BCUT2D eigenvalue weighted by atomic mass is 9.75. The van der Waals surface area contributed by atoms with E-state index in [1.54, 1.807) is 7.11 Å². The van der Waals surface area contributed by atoms with Crippen molar-refractivity contribution in [2.75, 3.05) is 47.4 Å². The molecule has 2 N–H and O–H groups in total. The zero-order valence-electron chi connectivity index (χ0n) is 19.1. The fraction of sp³-hybridized carbons (Fsp3) is 0.625. The average molecular weight is 418 g/mol. The summed E-state index contributed by atoms with van der Waals surface area (Å²) < 4.78 is 5.35. The quantitative estimate of drug-likeness (QED) is 0.572. The van der Waals surface area contributed by atoms with Crippen molar-refractivity contribution in [1.29, 1.82) is 0 Å². The number of allylic oxidation sites excluding steroid dienone is 1. The molecule has 3 atom stereocenters. The van der Waals surface area contributed by atoms with Crippen molar-refractivity contribution < 1.29 is 14.6 Å². The first kappa shape index (κ1) is 24.2. The van der Waals surface area contributed by atoms with Gasteiger partial charge in [0.2, 0.25) is 0 Å². The van der Waals surface area contributed by atoms with Crippen molar-refractivity contribution >= 4 is 6.03 Å². The minimum absolute atomic E-state index is 0.0418. The smallest absolute Gasteiger partial charge is 0.317 e. The van der Waals surface area contributed by atoms with Gasteiger partial charge in [-0.05, 0) is 57.0 Å². The number of rotatable bonds is 10. The highest BCUT2D eigenvalue weighted by Gasteiger charge is 2.44. The fourth-order valence-electron chi connectivity index (χ4n) is 4.34. The first-order chi connectivity index (χ1) is 14.3. The Hall–Kier alpha value is -2.05. The van der Waals surface area contributed by atoms with Crippen LogP contribution in [0.15, 0.2) is 36.9 Å². The van der Waals surface area contributed by atoms with E-state index in [1.165, 1.54) is 0 Å². The lowest BCUT2D eigenvalue weighted by Gasteiger charge is -2.46. The molecule has 3 unspecified atom stereocenters. The molecule has 1 saturated heterocycles. The monoisotopic (exact) mass is 417 g/mol. The van der Waals surface area contributed by atoms with Crippen LogP contribution in [0.5, 0.6) is 5.75 Å². The summed E-state index contributed by atoms with van der Waals surface area (Å²) in [5.74, 6) is 1.20. The molecule has 168 valence electrons. The summed E-state index contributed by atoms with van der Waals surface area (Å²) >= 11 is 0. The molecule has 6 heteroatoms. The number of amides is 2. The first-order valence-corrected chi connectivity index (χ1v) is 11.0. The van der Waals surface area contributed by atoms with Gasteiger partial charge in [-0.1, -0.05) is 31.6 Å². The highest BCUT2D eigenvalue weighted by molar-refractivity contribution is 5.74. The third-order valence-corrected chi connectivity index (χ3v) is 6.23. The molecule has 0 bridgehead atoms. The second-order valence-corrected chi connectivity index (χ2v) is 8.63. The maximum atomic E-state index is 12.8. The van der Waals surface area contributed by atoms with Crippen LogP contribution >= 0.6 is 0 Å². The number of nitrogens with one attached hydrogen (secondary N) is 1. The number of methoxy groups -OCH3 is 1. The summed E-state index contributed by atoms with van der Waals surface area (Å²) in [4.78, 5) is 16.7. The van der Waals surface area contributed by atoms with Crippen molar-refractivity contribution in [2.24, 2.45) is 11.8 Å². The molecular weight excluding hydrogens is 378 g/mol. The van der Waals surface area contributed by atoms with E-state index in [4.69, 9.17) is 4.74 Å². The Morgan fingerprint density at radius 3 is 2.90 bits per heavy atom. The van der Waals surface area contributed by atoms with Gasteiger partial charge in [-0.15, -0.1) is 6.58 Å². The summed E-state index contributed by atoms with van der Waals surface area (Å²) in [5, 5.41) is 14.7. The van der Waals surface area contributed by atoms with Crippen LogP contribution in [-0.2, 0) is 5.60 Å². The Morgan fingerprint density at radius 1 is 1.50 bits per heavy atom. The Kier molecular flexibility index (Phi) is 9.18. The lowest BCUT2D eigenvalue weighted by molar-refractivity contribution is -0.0758. The van der Waals surface area contributed by atoms with Crippen LogP contribution in [0.25, 0.3) is 0 Å². The number of carbonyl (C=O) groups excluding carboxylic acids is 1. The summed E-state index contributed by atoms with van der Waals surface area (Å²) in [5.41, 5.74) is -0.142. The van der Waals surface area contributed by atoms with Crippen molar-refractivity contribution in [2.45, 2.75) is 38.2 Å². The van der Waals surface area contributed by atoms with Gasteiger partial charge in [0.05, 0.1) is 12.7 Å². The van der Waals surface area contributed by atoms with Gasteiger partial charge in [0, 0.05) is 32.1 Å². The van der Waals surface area contributed by atoms with Crippen LogP contribution < -0.4 is 10.1 Å². The largest absolute Gasteiger partial charge is 0.497 e. The maximum absolute atomic E-state index is 12.8. The summed E-state index contributed by atoms with van der Waals surface area (Å²) in [7, 11) is 5.62. The third-order valence-electron chi connectivity index (χ3n) is 6.23. The molecule has 1 aliphatic heterocycles. The highest BCUT2D eigenvalue weighted by atomic mass is 16.5. The van der Waals surface area contributed by atoms with E-state index < -0.39 is 5.60 Å². The molecule has 0 aliphatic carbocycles. The topological polar surface area (TPSA) is 65.0 Å². The lowest BCUT2D eigenvalue weighted by Crippen LogP contribution is -2.56. The van der Waals surface area contributed by atoms with E-state index in [-0.39, 0.29) is 11.9 Å². The van der Waals surface area contributed by atoms with Gasteiger partial charge in [-0.3, -0.25) is 0 Å². The predicted octanol–water partition coefficient (Wildman–Crippen LogP) is 3.47. The van der Waals surface area contributed by atoms with Gasteiger partial charge in [-0.2, -0.15) is 0 Å². The number of urea groups is 1. The minimum atomic E-state index is -0.993. The van der Waals surface area contributed by atoms with Crippen molar-refractivity contribution in [3.05, 3.63) is 42.5 Å². The molecule has 1 aromatic rings. The first-order valence-electron chi connectivity index (χ1n) is 11.0. The van der Waals surface area contributed by atoms with Gasteiger partial charge in [-0.25, -0.2) is 4.79 Å². The van der Waals surface area contributed by atoms with E-state index in [2.05, 4.69) is 23.7 Å². The zero-order valence-corrected chi connectivity index (χ0v) is 19.1. The molecular formula is C24H39N3O3. The normalized spacial score (nSPS) is 22.6. The Balaban J connectivity index is 2.06. The number of hydrogen-bond donors (Lipinski definition) is 2. The van der Waals surface area contributed by atoms with E-state index in [0.29, 0.717) is 38.5 Å². The van der Waals surface area contributed by atoms with E-state index in [1.807, 2.05) is 49.3 Å². The molecule has 2 amide bonds. The average Bonchev–Trinajstić information content (AvgIpc) is 2.74. The minimum Gasteiger partial charge on any atom is -0.497 e. The van der Waals surface area contributed by atoms with Crippen molar-refractivity contribution in [3.63, 3.8) is 0 Å². The standard InChI is InChI=1S/C24H39N3O3/c1-6-9-19(7-2)12-14-25-23(28)27-15-13-24(29,21(18-27)17-26(3)4)20-10-8-11-22(16-20)30-5/h6,8,10-11,16,19,21,29H,1,7,9,12-15,17-18H2,2-5H3,(H,25,28). The SMILES string of the molecule is C=CCC(CC)CCNC(=O)N1CCC(O)(c2cccc(OC)c2)C(CN(C)C)C1. The van der Waals surface area contributed by atoms with Crippen LogP contribution in [0.2, 0.25) is 0 Å².